The number of benzene rings is 1. The molecule has 1 aliphatic heterocycles. The smallest absolute Gasteiger partial charge is 0.0107 e. The van der Waals surface area contributed by atoms with Crippen molar-refractivity contribution in [2.75, 3.05) is 12.8 Å². The van der Waals surface area contributed by atoms with Crippen molar-refractivity contribution in [3.8, 4) is 0 Å². The van der Waals surface area contributed by atoms with E-state index in [-0.39, 0.29) is 0 Å². The van der Waals surface area contributed by atoms with Crippen molar-refractivity contribution < 1.29 is 0 Å². The second-order valence-electron chi connectivity index (χ2n) is 3.97. The van der Waals surface area contributed by atoms with Crippen molar-refractivity contribution in [2.24, 2.45) is 0 Å². The summed E-state index contributed by atoms with van der Waals surface area (Å²) in [5, 5.41) is 3.31. The number of hydrogen-bond acceptors (Lipinski definition) is 2. The summed E-state index contributed by atoms with van der Waals surface area (Å²) in [4.78, 5) is 1.49. The number of fused-ring (bicyclic) bond motifs is 1. The summed E-state index contributed by atoms with van der Waals surface area (Å²) in [5.74, 6) is 2.00. The van der Waals surface area contributed by atoms with Crippen molar-refractivity contribution >= 4 is 11.8 Å². The summed E-state index contributed by atoms with van der Waals surface area (Å²) >= 11 is 2.00. The molecule has 14 heavy (non-hydrogen) atoms. The monoisotopic (exact) mass is 207 g/mol. The molecule has 0 aromatic heterocycles. The van der Waals surface area contributed by atoms with Crippen LogP contribution < -0.4 is 5.32 Å². The number of rotatable bonds is 3. The lowest BCUT2D eigenvalue weighted by molar-refractivity contribution is 0.520. The minimum Gasteiger partial charge on any atom is -0.317 e. The van der Waals surface area contributed by atoms with E-state index in [9.17, 15) is 0 Å². The first kappa shape index (κ1) is 10.1. The van der Waals surface area contributed by atoms with Crippen molar-refractivity contribution in [3.05, 3.63) is 29.8 Å². The first-order chi connectivity index (χ1) is 6.81. The predicted molar refractivity (Wildman–Crippen MR) is 63.0 cm³/mol. The lowest BCUT2D eigenvalue weighted by Gasteiger charge is -2.16. The maximum absolute atomic E-state index is 3.31. The molecule has 0 saturated carbocycles. The third-order valence-corrected chi connectivity index (χ3v) is 4.18. The molecule has 0 radical (unpaired) electrons. The highest BCUT2D eigenvalue weighted by Gasteiger charge is 2.23. The predicted octanol–water partition coefficient (Wildman–Crippen LogP) is 2.87. The standard InChI is InChI=1S/C12H17NS/c1-9(13-2)7-10-8-14-12-6-4-3-5-11(10)12/h3-6,9-10,13H,7-8H2,1-2H3. The maximum Gasteiger partial charge on any atom is 0.0107 e. The summed E-state index contributed by atoms with van der Waals surface area (Å²) in [5.41, 5.74) is 1.56. The third-order valence-electron chi connectivity index (χ3n) is 2.93. The van der Waals surface area contributed by atoms with Gasteiger partial charge in [-0.1, -0.05) is 18.2 Å². The van der Waals surface area contributed by atoms with Crippen molar-refractivity contribution in [1.29, 1.82) is 0 Å². The summed E-state index contributed by atoms with van der Waals surface area (Å²) in [7, 11) is 2.04. The average Bonchev–Trinajstić information content (AvgIpc) is 2.62. The quantitative estimate of drug-likeness (QED) is 0.818. The lowest BCUT2D eigenvalue weighted by Crippen LogP contribution is -2.23. The Labute approximate surface area is 90.3 Å². The van der Waals surface area contributed by atoms with E-state index in [2.05, 4.69) is 36.5 Å². The molecule has 2 unspecified atom stereocenters. The van der Waals surface area contributed by atoms with Crippen LogP contribution in [0.1, 0.15) is 24.8 Å². The molecule has 1 nitrogen and oxygen atoms in total. The Balaban J connectivity index is 2.10. The van der Waals surface area contributed by atoms with Crippen LogP contribution in [0.5, 0.6) is 0 Å². The second-order valence-corrected chi connectivity index (χ2v) is 5.03. The van der Waals surface area contributed by atoms with Crippen LogP contribution in [0.2, 0.25) is 0 Å². The van der Waals surface area contributed by atoms with Crippen LogP contribution in [0.25, 0.3) is 0 Å². The summed E-state index contributed by atoms with van der Waals surface area (Å²) in [6.07, 6.45) is 1.25. The second kappa shape index (κ2) is 4.37. The van der Waals surface area contributed by atoms with E-state index in [1.807, 2.05) is 18.8 Å². The fourth-order valence-corrected chi connectivity index (χ4v) is 3.24. The van der Waals surface area contributed by atoms with Gasteiger partial charge in [-0.25, -0.2) is 0 Å². The van der Waals surface area contributed by atoms with E-state index < -0.39 is 0 Å². The van der Waals surface area contributed by atoms with E-state index in [0.29, 0.717) is 6.04 Å². The van der Waals surface area contributed by atoms with Gasteiger partial charge >= 0.3 is 0 Å². The molecule has 0 saturated heterocycles. The maximum atomic E-state index is 3.31. The van der Waals surface area contributed by atoms with Gasteiger partial charge in [-0.2, -0.15) is 0 Å². The van der Waals surface area contributed by atoms with Gasteiger partial charge in [0.15, 0.2) is 0 Å². The molecule has 2 rings (SSSR count). The Kier molecular flexibility index (Phi) is 3.14. The molecule has 2 heteroatoms. The molecule has 1 N–H and O–H groups in total. The van der Waals surface area contributed by atoms with Gasteiger partial charge in [-0.05, 0) is 37.9 Å². The Hall–Kier alpha value is -0.470. The van der Waals surface area contributed by atoms with E-state index in [0.717, 1.165) is 5.92 Å². The van der Waals surface area contributed by atoms with Crippen LogP contribution in [-0.4, -0.2) is 18.8 Å². The van der Waals surface area contributed by atoms with E-state index in [1.54, 1.807) is 5.56 Å². The summed E-state index contributed by atoms with van der Waals surface area (Å²) in [6.45, 7) is 2.26. The molecule has 0 amide bonds. The SMILES string of the molecule is CNC(C)CC1CSc2ccccc21. The largest absolute Gasteiger partial charge is 0.317 e. The zero-order valence-corrected chi connectivity index (χ0v) is 9.60. The van der Waals surface area contributed by atoms with Gasteiger partial charge in [-0.3, -0.25) is 0 Å². The summed E-state index contributed by atoms with van der Waals surface area (Å²) in [6, 6.07) is 9.43. The molecule has 0 bridgehead atoms. The molecule has 1 heterocycles. The van der Waals surface area contributed by atoms with Gasteiger partial charge in [0.1, 0.15) is 0 Å². The first-order valence-electron chi connectivity index (χ1n) is 5.20. The topological polar surface area (TPSA) is 12.0 Å². The third kappa shape index (κ3) is 1.96. The van der Waals surface area contributed by atoms with Crippen molar-refractivity contribution in [3.63, 3.8) is 0 Å². The van der Waals surface area contributed by atoms with Crippen LogP contribution in [0.15, 0.2) is 29.2 Å². The molecular weight excluding hydrogens is 190 g/mol. The zero-order chi connectivity index (χ0) is 9.97. The highest BCUT2D eigenvalue weighted by molar-refractivity contribution is 7.99. The van der Waals surface area contributed by atoms with Crippen LogP contribution in [0, 0.1) is 0 Å². The molecular formula is C12H17NS. The van der Waals surface area contributed by atoms with Crippen LogP contribution in [0.3, 0.4) is 0 Å². The number of nitrogens with one attached hydrogen (secondary N) is 1. The molecule has 1 aromatic carbocycles. The minimum atomic E-state index is 0.617. The molecule has 76 valence electrons. The van der Waals surface area contributed by atoms with Gasteiger partial charge in [0, 0.05) is 16.7 Å². The summed E-state index contributed by atoms with van der Waals surface area (Å²) < 4.78 is 0. The molecule has 0 fully saturated rings. The molecule has 1 aromatic rings. The zero-order valence-electron chi connectivity index (χ0n) is 8.79. The molecule has 0 aliphatic carbocycles. The van der Waals surface area contributed by atoms with Gasteiger partial charge in [0.25, 0.3) is 0 Å². The highest BCUT2D eigenvalue weighted by Crippen LogP contribution is 2.41. The van der Waals surface area contributed by atoms with Gasteiger partial charge in [0.2, 0.25) is 0 Å². The number of thioether (sulfide) groups is 1. The van der Waals surface area contributed by atoms with Gasteiger partial charge in [0.05, 0.1) is 0 Å². The number of hydrogen-bond donors (Lipinski definition) is 1. The Bertz CT molecular complexity index is 311. The normalized spacial score (nSPS) is 22.0. The Morgan fingerprint density at radius 3 is 3.07 bits per heavy atom. The van der Waals surface area contributed by atoms with E-state index in [1.165, 1.54) is 17.1 Å². The van der Waals surface area contributed by atoms with E-state index in [4.69, 9.17) is 0 Å². The van der Waals surface area contributed by atoms with Crippen molar-refractivity contribution in [2.45, 2.75) is 30.2 Å². The van der Waals surface area contributed by atoms with Crippen molar-refractivity contribution in [1.82, 2.24) is 5.32 Å². The lowest BCUT2D eigenvalue weighted by atomic mass is 9.95. The highest BCUT2D eigenvalue weighted by atomic mass is 32.2. The Morgan fingerprint density at radius 2 is 2.29 bits per heavy atom. The fraction of sp³-hybridized carbons (Fsp3) is 0.500. The first-order valence-corrected chi connectivity index (χ1v) is 6.19. The average molecular weight is 207 g/mol. The van der Waals surface area contributed by atoms with Gasteiger partial charge < -0.3 is 5.32 Å². The Morgan fingerprint density at radius 1 is 1.50 bits per heavy atom. The molecule has 2 atom stereocenters. The molecule has 1 aliphatic rings. The molecule has 0 spiro atoms. The van der Waals surface area contributed by atoms with Crippen LogP contribution in [-0.2, 0) is 0 Å². The van der Waals surface area contributed by atoms with Gasteiger partial charge in [-0.15, -0.1) is 11.8 Å². The fourth-order valence-electron chi connectivity index (χ4n) is 1.97. The van der Waals surface area contributed by atoms with E-state index >= 15 is 0 Å². The van der Waals surface area contributed by atoms with Crippen LogP contribution in [0.4, 0.5) is 0 Å². The minimum absolute atomic E-state index is 0.617. The van der Waals surface area contributed by atoms with Crippen LogP contribution >= 0.6 is 11.8 Å².